The van der Waals surface area contributed by atoms with Crippen LogP contribution in [0.2, 0.25) is 0 Å². The molecule has 61 heavy (non-hydrogen) atoms. The number of nitrogens with zero attached hydrogens (tertiary/aromatic N) is 1. The largest absolute Gasteiger partial charge is 0.756 e. The molecule has 0 amide bonds. The minimum atomic E-state index is -4.56. The van der Waals surface area contributed by atoms with Crippen LogP contribution >= 0.6 is 7.82 Å². The van der Waals surface area contributed by atoms with Crippen molar-refractivity contribution < 1.29 is 37.3 Å². The number of allylic oxidation sites excluding steroid dienone is 20. The lowest BCUT2D eigenvalue weighted by Crippen LogP contribution is -2.37. The van der Waals surface area contributed by atoms with Crippen LogP contribution in [0.5, 0.6) is 0 Å². The summed E-state index contributed by atoms with van der Waals surface area (Å²) in [7, 11) is 1.28. The van der Waals surface area contributed by atoms with E-state index in [9.17, 15) is 14.3 Å². The monoisotopic (exact) mass is 868 g/mol. The molecule has 8 nitrogen and oxygen atoms in total. The Balaban J connectivity index is 4.26. The van der Waals surface area contributed by atoms with Crippen LogP contribution in [0.15, 0.2) is 122 Å². The minimum Gasteiger partial charge on any atom is -0.756 e. The number of unbranched alkanes of at least 4 members (excludes halogenated alkanes) is 7. The summed E-state index contributed by atoms with van der Waals surface area (Å²) < 4.78 is 34.5. The van der Waals surface area contributed by atoms with Gasteiger partial charge in [0.15, 0.2) is 0 Å². The highest BCUT2D eigenvalue weighted by Crippen LogP contribution is 2.38. The number of esters is 1. The Kier molecular flexibility index (Phi) is 41.3. The van der Waals surface area contributed by atoms with Crippen molar-refractivity contribution in [2.45, 2.75) is 148 Å². The lowest BCUT2D eigenvalue weighted by Gasteiger charge is -2.28. The highest BCUT2D eigenvalue weighted by atomic mass is 31.2. The van der Waals surface area contributed by atoms with Gasteiger partial charge in [-0.15, -0.1) is 0 Å². The summed E-state index contributed by atoms with van der Waals surface area (Å²) >= 11 is 0. The highest BCUT2D eigenvalue weighted by Gasteiger charge is 2.20. The van der Waals surface area contributed by atoms with Crippen molar-refractivity contribution in [3.8, 4) is 0 Å². The van der Waals surface area contributed by atoms with Gasteiger partial charge in [-0.05, 0) is 89.9 Å². The van der Waals surface area contributed by atoms with Gasteiger partial charge in [0.05, 0.1) is 34.4 Å². The molecule has 0 aromatic carbocycles. The molecular formula is C52H86NO7P. The molecule has 9 heteroatoms. The number of ether oxygens (including phenoxy) is 2. The molecule has 0 rings (SSSR count). The zero-order chi connectivity index (χ0) is 44.8. The van der Waals surface area contributed by atoms with Gasteiger partial charge in [0, 0.05) is 13.0 Å². The summed E-state index contributed by atoms with van der Waals surface area (Å²) in [6.45, 7) is 5.01. The van der Waals surface area contributed by atoms with Crippen LogP contribution in [-0.2, 0) is 27.9 Å². The molecular weight excluding hydrogens is 782 g/mol. The van der Waals surface area contributed by atoms with Gasteiger partial charge in [-0.3, -0.25) is 9.36 Å². The zero-order valence-electron chi connectivity index (χ0n) is 39.1. The number of carbonyl (C=O) groups is 1. The summed E-state index contributed by atoms with van der Waals surface area (Å²) in [4.78, 5) is 25.0. The third-order valence-electron chi connectivity index (χ3n) is 9.02. The third-order valence-corrected chi connectivity index (χ3v) is 9.99. The fourth-order valence-electron chi connectivity index (χ4n) is 5.50. The average Bonchev–Trinajstić information content (AvgIpc) is 3.22. The second-order valence-electron chi connectivity index (χ2n) is 16.0. The number of hydrogen-bond acceptors (Lipinski definition) is 7. The zero-order valence-corrected chi connectivity index (χ0v) is 39.9. The fraction of sp³-hybridized carbons (Fsp3) is 0.596. The third kappa shape index (κ3) is 47.8. The Morgan fingerprint density at radius 2 is 0.902 bits per heavy atom. The van der Waals surface area contributed by atoms with E-state index >= 15 is 0 Å². The predicted molar refractivity (Wildman–Crippen MR) is 258 cm³/mol. The van der Waals surface area contributed by atoms with E-state index < -0.39 is 19.9 Å². The average molecular weight is 868 g/mol. The van der Waals surface area contributed by atoms with Gasteiger partial charge < -0.3 is 27.9 Å². The molecule has 0 aliphatic carbocycles. The first kappa shape index (κ1) is 57.9. The van der Waals surface area contributed by atoms with Gasteiger partial charge in [-0.2, -0.15) is 0 Å². The van der Waals surface area contributed by atoms with Crippen LogP contribution in [-0.4, -0.2) is 70.7 Å². The summed E-state index contributed by atoms with van der Waals surface area (Å²) in [5.41, 5.74) is 0. The molecule has 0 spiro atoms. The SMILES string of the molecule is CC/C=C\C/C=C\C/C=C\C/C=C\C/C=C\C/C=C\CCCCCCCCCOCC(COP(=O)([O-])OCC[N+](C)(C)C)OC(=O)CC/C=C\C/C=C\C/C=C\C/C=C\CC. The molecule has 0 fully saturated rings. The first-order chi connectivity index (χ1) is 29.6. The quantitative estimate of drug-likeness (QED) is 0.0199. The molecule has 346 valence electrons. The number of quaternary nitrogens is 1. The number of hydrogen-bond donors (Lipinski definition) is 0. The van der Waals surface area contributed by atoms with Crippen LogP contribution < -0.4 is 4.89 Å². The van der Waals surface area contributed by atoms with Crippen LogP contribution in [0.4, 0.5) is 0 Å². The molecule has 0 N–H and O–H groups in total. The molecule has 0 saturated heterocycles. The van der Waals surface area contributed by atoms with Gasteiger partial charge in [-0.1, -0.05) is 167 Å². The van der Waals surface area contributed by atoms with E-state index in [1.165, 1.54) is 25.7 Å². The maximum Gasteiger partial charge on any atom is 0.306 e. The van der Waals surface area contributed by atoms with E-state index in [1.807, 2.05) is 33.3 Å². The number of likely N-dealkylation sites (N-methyl/N-ethyl adjacent to an activating group) is 1. The van der Waals surface area contributed by atoms with Crippen molar-refractivity contribution in [3.05, 3.63) is 122 Å². The number of carbonyl (C=O) groups excluding carboxylic acids is 1. The molecule has 0 aliphatic heterocycles. The first-order valence-corrected chi connectivity index (χ1v) is 24.7. The second kappa shape index (κ2) is 43.5. The Hall–Kier alpha value is -3.10. The predicted octanol–water partition coefficient (Wildman–Crippen LogP) is 13.5. The van der Waals surface area contributed by atoms with Crippen LogP contribution in [0.25, 0.3) is 0 Å². The van der Waals surface area contributed by atoms with Gasteiger partial charge in [-0.25, -0.2) is 0 Å². The van der Waals surface area contributed by atoms with Crippen molar-refractivity contribution in [1.29, 1.82) is 0 Å². The van der Waals surface area contributed by atoms with Crippen LogP contribution in [0.1, 0.15) is 142 Å². The van der Waals surface area contributed by atoms with E-state index in [1.54, 1.807) is 0 Å². The van der Waals surface area contributed by atoms with Crippen molar-refractivity contribution in [3.63, 3.8) is 0 Å². The molecule has 0 heterocycles. The lowest BCUT2D eigenvalue weighted by atomic mass is 10.1. The summed E-state index contributed by atoms with van der Waals surface area (Å²) in [5, 5.41) is 0. The maximum absolute atomic E-state index is 12.6. The molecule has 2 unspecified atom stereocenters. The second-order valence-corrected chi connectivity index (χ2v) is 17.4. The van der Waals surface area contributed by atoms with Gasteiger partial charge in [0.25, 0.3) is 7.82 Å². The Morgan fingerprint density at radius 1 is 0.508 bits per heavy atom. The Morgan fingerprint density at radius 3 is 1.34 bits per heavy atom. The molecule has 0 aliphatic rings. The van der Waals surface area contributed by atoms with E-state index in [2.05, 4.69) is 123 Å². The Bertz CT molecular complexity index is 1380. The first-order valence-electron chi connectivity index (χ1n) is 23.3. The van der Waals surface area contributed by atoms with Crippen molar-refractivity contribution in [2.24, 2.45) is 0 Å². The Labute approximate surface area is 373 Å². The van der Waals surface area contributed by atoms with Crippen LogP contribution in [0.3, 0.4) is 0 Å². The van der Waals surface area contributed by atoms with Crippen molar-refractivity contribution in [1.82, 2.24) is 0 Å². The minimum absolute atomic E-state index is 0.00355. The van der Waals surface area contributed by atoms with Crippen molar-refractivity contribution in [2.75, 3.05) is 54.1 Å². The topological polar surface area (TPSA) is 94.1 Å². The molecule has 0 aromatic rings. The highest BCUT2D eigenvalue weighted by molar-refractivity contribution is 7.45. The van der Waals surface area contributed by atoms with Gasteiger partial charge in [0.2, 0.25) is 0 Å². The van der Waals surface area contributed by atoms with Crippen molar-refractivity contribution >= 4 is 13.8 Å². The standard InChI is InChI=1S/C52H86NO7P/c1-6-8-10-12-14-16-18-20-21-22-23-24-25-26-27-28-29-30-31-32-34-36-38-40-42-44-47-57-49-51(50-59-61(55,56)58-48-46-53(3,4)5)60-52(54)45-43-41-39-37-35-33-19-17-15-13-11-9-7-2/h8-11,14-17,20-21,23-24,26-27,29-30,33,35,39,41,51H,6-7,12-13,18-19,22,25,28,31-32,34,36-38,40,42-50H2,1-5H3/b10-8-,11-9-,16-14-,17-15-,21-20-,24-23-,27-26-,30-29-,35-33-,41-39-. The summed E-state index contributed by atoms with van der Waals surface area (Å²) in [5.74, 6) is -0.424. The number of phosphoric ester groups is 1. The molecule has 0 aromatic heterocycles. The molecule has 0 saturated carbocycles. The van der Waals surface area contributed by atoms with Crippen LogP contribution in [0, 0.1) is 0 Å². The summed E-state index contributed by atoms with van der Waals surface area (Å²) in [6, 6.07) is 0. The van der Waals surface area contributed by atoms with Gasteiger partial charge in [0.1, 0.15) is 19.3 Å². The smallest absolute Gasteiger partial charge is 0.306 e. The summed E-state index contributed by atoms with van der Waals surface area (Å²) in [6.07, 6.45) is 62.4. The van der Waals surface area contributed by atoms with Gasteiger partial charge >= 0.3 is 5.97 Å². The van der Waals surface area contributed by atoms with E-state index in [0.29, 0.717) is 24.1 Å². The number of phosphoric acid groups is 1. The normalized spacial score (nSPS) is 14.8. The molecule has 0 radical (unpaired) electrons. The van der Waals surface area contributed by atoms with E-state index in [-0.39, 0.29) is 26.2 Å². The number of rotatable bonds is 41. The van der Waals surface area contributed by atoms with E-state index in [4.69, 9.17) is 18.5 Å². The lowest BCUT2D eigenvalue weighted by molar-refractivity contribution is -0.870. The molecule has 0 bridgehead atoms. The maximum atomic E-state index is 12.6. The van der Waals surface area contributed by atoms with E-state index in [0.717, 1.165) is 89.9 Å². The fourth-order valence-corrected chi connectivity index (χ4v) is 6.23. The molecule has 2 atom stereocenters.